The van der Waals surface area contributed by atoms with Gasteiger partial charge in [-0.25, -0.2) is 0 Å². The van der Waals surface area contributed by atoms with Crippen LogP contribution in [0.15, 0.2) is 78.9 Å². The first kappa shape index (κ1) is 13.9. The Hall–Kier alpha value is -3.07. The Morgan fingerprint density at radius 3 is 2.05 bits per heavy atom. The fourth-order valence-corrected chi connectivity index (χ4v) is 2.33. The molecular formula is C19H15NO2. The maximum atomic E-state index is 11.6. The molecule has 0 unspecified atom stereocenters. The second kappa shape index (κ2) is 6.14. The highest BCUT2D eigenvalue weighted by Crippen LogP contribution is 2.34. The van der Waals surface area contributed by atoms with E-state index in [9.17, 15) is 4.79 Å². The molecule has 0 bridgehead atoms. The first-order valence-corrected chi connectivity index (χ1v) is 6.97. The Bertz CT molecular complexity index is 797. The Morgan fingerprint density at radius 2 is 1.32 bits per heavy atom. The van der Waals surface area contributed by atoms with Gasteiger partial charge in [-0.15, -0.1) is 0 Å². The van der Waals surface area contributed by atoms with Crippen molar-refractivity contribution in [2.24, 2.45) is 5.73 Å². The van der Waals surface area contributed by atoms with E-state index in [1.165, 1.54) is 0 Å². The van der Waals surface area contributed by atoms with Crippen molar-refractivity contribution in [2.75, 3.05) is 0 Å². The summed E-state index contributed by atoms with van der Waals surface area (Å²) in [5.41, 5.74) is 7.55. The van der Waals surface area contributed by atoms with E-state index in [0.29, 0.717) is 11.3 Å². The van der Waals surface area contributed by atoms with E-state index in [1.807, 2.05) is 66.7 Å². The minimum atomic E-state index is -0.454. The summed E-state index contributed by atoms with van der Waals surface area (Å²) in [6.07, 6.45) is 0. The van der Waals surface area contributed by atoms with Crippen LogP contribution in [0.5, 0.6) is 11.5 Å². The Labute approximate surface area is 129 Å². The molecule has 22 heavy (non-hydrogen) atoms. The molecule has 0 aliphatic carbocycles. The van der Waals surface area contributed by atoms with Gasteiger partial charge in [-0.1, -0.05) is 54.6 Å². The van der Waals surface area contributed by atoms with Gasteiger partial charge >= 0.3 is 0 Å². The average molecular weight is 289 g/mol. The summed E-state index contributed by atoms with van der Waals surface area (Å²) in [5, 5.41) is 0. The third-order valence-electron chi connectivity index (χ3n) is 3.34. The summed E-state index contributed by atoms with van der Waals surface area (Å²) in [6.45, 7) is 0. The lowest BCUT2D eigenvalue weighted by atomic mass is 9.98. The van der Waals surface area contributed by atoms with Gasteiger partial charge in [0.15, 0.2) is 0 Å². The van der Waals surface area contributed by atoms with Crippen molar-refractivity contribution in [1.82, 2.24) is 0 Å². The van der Waals surface area contributed by atoms with Crippen LogP contribution in [0.4, 0.5) is 0 Å². The number of benzene rings is 3. The second-order valence-electron chi connectivity index (χ2n) is 4.82. The lowest BCUT2D eigenvalue weighted by molar-refractivity contribution is 0.100. The van der Waals surface area contributed by atoms with Crippen LogP contribution in [0.1, 0.15) is 10.4 Å². The summed E-state index contributed by atoms with van der Waals surface area (Å²) in [7, 11) is 0. The van der Waals surface area contributed by atoms with Gasteiger partial charge in [0, 0.05) is 11.1 Å². The van der Waals surface area contributed by atoms with E-state index < -0.39 is 5.91 Å². The summed E-state index contributed by atoms with van der Waals surface area (Å²) < 4.78 is 5.95. The third kappa shape index (κ3) is 2.83. The fourth-order valence-electron chi connectivity index (χ4n) is 2.33. The Kier molecular flexibility index (Phi) is 3.88. The summed E-state index contributed by atoms with van der Waals surface area (Å²) in [4.78, 5) is 11.6. The molecule has 3 nitrogen and oxygen atoms in total. The van der Waals surface area contributed by atoms with E-state index in [2.05, 4.69) is 0 Å². The molecule has 0 atom stereocenters. The highest BCUT2D eigenvalue weighted by Gasteiger charge is 2.13. The maximum absolute atomic E-state index is 11.6. The zero-order chi connectivity index (χ0) is 15.4. The van der Waals surface area contributed by atoms with Gasteiger partial charge in [0.25, 0.3) is 0 Å². The van der Waals surface area contributed by atoms with Gasteiger partial charge in [-0.2, -0.15) is 0 Å². The normalized spacial score (nSPS) is 10.2. The van der Waals surface area contributed by atoms with Crippen LogP contribution >= 0.6 is 0 Å². The molecule has 0 aromatic heterocycles. The molecule has 0 spiro atoms. The lowest BCUT2D eigenvalue weighted by Crippen LogP contribution is -2.12. The maximum Gasteiger partial charge on any atom is 0.249 e. The zero-order valence-corrected chi connectivity index (χ0v) is 11.9. The molecule has 0 saturated heterocycles. The minimum absolute atomic E-state index is 0.454. The van der Waals surface area contributed by atoms with Gasteiger partial charge < -0.3 is 10.5 Å². The molecule has 0 aliphatic rings. The van der Waals surface area contributed by atoms with E-state index in [1.54, 1.807) is 12.1 Å². The number of hydrogen-bond acceptors (Lipinski definition) is 2. The molecule has 3 heteroatoms. The number of amides is 1. The standard InChI is InChI=1S/C19H15NO2/c20-19(21)17-12-5-4-10-15(17)16-11-6-7-13-18(16)22-14-8-2-1-3-9-14/h1-13H,(H2,20,21). The van der Waals surface area contributed by atoms with E-state index in [0.717, 1.165) is 16.9 Å². The number of nitrogens with two attached hydrogens (primary N) is 1. The Balaban J connectivity index is 2.08. The van der Waals surface area contributed by atoms with Crippen LogP contribution in [0, 0.1) is 0 Å². The van der Waals surface area contributed by atoms with Crippen molar-refractivity contribution in [1.29, 1.82) is 0 Å². The third-order valence-corrected chi connectivity index (χ3v) is 3.34. The molecule has 2 N–H and O–H groups in total. The fraction of sp³-hybridized carbons (Fsp3) is 0. The average Bonchev–Trinajstić information content (AvgIpc) is 2.56. The molecule has 0 saturated carbocycles. The monoisotopic (exact) mass is 289 g/mol. The highest BCUT2D eigenvalue weighted by molar-refractivity contribution is 6.00. The van der Waals surface area contributed by atoms with Crippen molar-refractivity contribution >= 4 is 5.91 Å². The van der Waals surface area contributed by atoms with Crippen LogP contribution < -0.4 is 10.5 Å². The van der Waals surface area contributed by atoms with Crippen LogP contribution in [0.3, 0.4) is 0 Å². The van der Waals surface area contributed by atoms with Gasteiger partial charge in [0.05, 0.1) is 0 Å². The molecule has 3 aromatic carbocycles. The quantitative estimate of drug-likeness (QED) is 0.780. The summed E-state index contributed by atoms with van der Waals surface area (Å²) in [6, 6.07) is 24.4. The van der Waals surface area contributed by atoms with Gasteiger partial charge in [-0.05, 0) is 29.8 Å². The van der Waals surface area contributed by atoms with Crippen molar-refractivity contribution in [2.45, 2.75) is 0 Å². The van der Waals surface area contributed by atoms with Crippen LogP contribution in [0.25, 0.3) is 11.1 Å². The second-order valence-corrected chi connectivity index (χ2v) is 4.82. The van der Waals surface area contributed by atoms with Crippen LogP contribution in [-0.2, 0) is 0 Å². The zero-order valence-electron chi connectivity index (χ0n) is 11.9. The van der Waals surface area contributed by atoms with Crippen molar-refractivity contribution in [3.63, 3.8) is 0 Å². The molecular weight excluding hydrogens is 274 g/mol. The first-order valence-electron chi connectivity index (χ1n) is 6.97. The minimum Gasteiger partial charge on any atom is -0.457 e. The van der Waals surface area contributed by atoms with Crippen LogP contribution in [-0.4, -0.2) is 5.91 Å². The largest absolute Gasteiger partial charge is 0.457 e. The lowest BCUT2D eigenvalue weighted by Gasteiger charge is -2.13. The SMILES string of the molecule is NC(=O)c1ccccc1-c1ccccc1Oc1ccccc1. The van der Waals surface area contributed by atoms with E-state index >= 15 is 0 Å². The smallest absolute Gasteiger partial charge is 0.249 e. The van der Waals surface area contributed by atoms with Crippen molar-refractivity contribution in [3.05, 3.63) is 84.4 Å². The van der Waals surface area contributed by atoms with E-state index in [-0.39, 0.29) is 0 Å². The molecule has 1 amide bonds. The summed E-state index contributed by atoms with van der Waals surface area (Å²) in [5.74, 6) is 0.971. The number of rotatable bonds is 4. The highest BCUT2D eigenvalue weighted by atomic mass is 16.5. The molecule has 3 rings (SSSR count). The first-order chi connectivity index (χ1) is 10.8. The van der Waals surface area contributed by atoms with Crippen LogP contribution in [0.2, 0.25) is 0 Å². The number of hydrogen-bond donors (Lipinski definition) is 1. The van der Waals surface area contributed by atoms with Gasteiger partial charge in [0.2, 0.25) is 5.91 Å². The van der Waals surface area contributed by atoms with Crippen molar-refractivity contribution < 1.29 is 9.53 Å². The summed E-state index contributed by atoms with van der Waals surface area (Å²) >= 11 is 0. The number of para-hydroxylation sites is 2. The molecule has 0 radical (unpaired) electrons. The Morgan fingerprint density at radius 1 is 0.727 bits per heavy atom. The molecule has 0 aliphatic heterocycles. The molecule has 0 heterocycles. The number of ether oxygens (including phenoxy) is 1. The van der Waals surface area contributed by atoms with E-state index in [4.69, 9.17) is 10.5 Å². The predicted octanol–water partition coefficient (Wildman–Crippen LogP) is 4.24. The van der Waals surface area contributed by atoms with Gasteiger partial charge in [0.1, 0.15) is 11.5 Å². The molecule has 108 valence electrons. The molecule has 0 fully saturated rings. The molecule has 3 aromatic rings. The predicted molar refractivity (Wildman–Crippen MR) is 86.9 cm³/mol. The number of carbonyl (C=O) groups is 1. The van der Waals surface area contributed by atoms with Crippen molar-refractivity contribution in [3.8, 4) is 22.6 Å². The topological polar surface area (TPSA) is 52.3 Å². The van der Waals surface area contributed by atoms with Gasteiger partial charge in [-0.3, -0.25) is 4.79 Å². The number of carbonyl (C=O) groups excluding carboxylic acids is 1. The number of primary amides is 1.